The van der Waals surface area contributed by atoms with Gasteiger partial charge in [0.25, 0.3) is 0 Å². The number of rotatable bonds is 5. The molecule has 2 aliphatic rings. The standard InChI is InChI=1S/C15H19NO3/c17-15(18)10-16(12-5-6-12)9-11-7-8-19-14-4-2-1-3-13(11)14/h1-4,11-12H,5-10H2,(H,17,18). The van der Waals surface area contributed by atoms with E-state index in [0.29, 0.717) is 12.0 Å². The molecule has 102 valence electrons. The monoisotopic (exact) mass is 261 g/mol. The van der Waals surface area contributed by atoms with Gasteiger partial charge in [0.1, 0.15) is 5.75 Å². The number of fused-ring (bicyclic) bond motifs is 1. The van der Waals surface area contributed by atoms with Crippen molar-refractivity contribution < 1.29 is 14.6 Å². The van der Waals surface area contributed by atoms with Gasteiger partial charge in [0, 0.05) is 18.5 Å². The van der Waals surface area contributed by atoms with Crippen LogP contribution in [0.5, 0.6) is 5.75 Å². The number of ether oxygens (including phenoxy) is 1. The smallest absolute Gasteiger partial charge is 0.317 e. The van der Waals surface area contributed by atoms with Crippen LogP contribution in [0.15, 0.2) is 24.3 Å². The molecule has 1 fully saturated rings. The van der Waals surface area contributed by atoms with Crippen molar-refractivity contribution in [3.05, 3.63) is 29.8 Å². The van der Waals surface area contributed by atoms with Crippen LogP contribution < -0.4 is 4.74 Å². The van der Waals surface area contributed by atoms with E-state index in [1.165, 1.54) is 5.56 Å². The fraction of sp³-hybridized carbons (Fsp3) is 0.533. The number of carbonyl (C=O) groups is 1. The topological polar surface area (TPSA) is 49.8 Å². The Hall–Kier alpha value is -1.55. The Kier molecular flexibility index (Phi) is 3.42. The third-order valence-corrected chi connectivity index (χ3v) is 3.94. The summed E-state index contributed by atoms with van der Waals surface area (Å²) in [5.41, 5.74) is 1.23. The SMILES string of the molecule is O=C(O)CN(CC1CCOc2ccccc21)C1CC1. The molecule has 1 aromatic rings. The summed E-state index contributed by atoms with van der Waals surface area (Å²) < 4.78 is 5.66. The molecule has 0 spiro atoms. The average Bonchev–Trinajstić information content (AvgIpc) is 3.22. The summed E-state index contributed by atoms with van der Waals surface area (Å²) in [6.07, 6.45) is 3.25. The highest BCUT2D eigenvalue weighted by Crippen LogP contribution is 2.36. The lowest BCUT2D eigenvalue weighted by Gasteiger charge is -2.30. The molecule has 4 heteroatoms. The van der Waals surface area contributed by atoms with Crippen LogP contribution >= 0.6 is 0 Å². The van der Waals surface area contributed by atoms with Crippen LogP contribution in [0.1, 0.15) is 30.7 Å². The van der Waals surface area contributed by atoms with Gasteiger partial charge in [-0.15, -0.1) is 0 Å². The zero-order valence-corrected chi connectivity index (χ0v) is 10.9. The van der Waals surface area contributed by atoms with Crippen molar-refractivity contribution in [2.24, 2.45) is 0 Å². The maximum atomic E-state index is 11.0. The molecule has 3 rings (SSSR count). The van der Waals surface area contributed by atoms with Gasteiger partial charge in [-0.2, -0.15) is 0 Å². The van der Waals surface area contributed by atoms with E-state index in [0.717, 1.165) is 38.2 Å². The first-order chi connectivity index (χ1) is 9.24. The molecule has 4 nitrogen and oxygen atoms in total. The summed E-state index contributed by atoms with van der Waals surface area (Å²) in [6, 6.07) is 8.59. The second-order valence-electron chi connectivity index (χ2n) is 5.43. The fourth-order valence-electron chi connectivity index (χ4n) is 2.84. The lowest BCUT2D eigenvalue weighted by atomic mass is 9.92. The van der Waals surface area contributed by atoms with E-state index in [-0.39, 0.29) is 6.54 Å². The van der Waals surface area contributed by atoms with Gasteiger partial charge < -0.3 is 9.84 Å². The maximum Gasteiger partial charge on any atom is 0.317 e. The molecular weight excluding hydrogens is 242 g/mol. The Morgan fingerprint density at radius 2 is 2.11 bits per heavy atom. The zero-order chi connectivity index (χ0) is 13.2. The number of nitrogens with zero attached hydrogens (tertiary/aromatic N) is 1. The average molecular weight is 261 g/mol. The molecule has 0 radical (unpaired) electrons. The highest BCUT2D eigenvalue weighted by atomic mass is 16.5. The predicted molar refractivity (Wildman–Crippen MR) is 71.5 cm³/mol. The lowest BCUT2D eigenvalue weighted by molar-refractivity contribution is -0.138. The minimum absolute atomic E-state index is 0.157. The second-order valence-corrected chi connectivity index (χ2v) is 5.43. The van der Waals surface area contributed by atoms with Gasteiger partial charge in [0.15, 0.2) is 0 Å². The van der Waals surface area contributed by atoms with Crippen molar-refractivity contribution in [2.45, 2.75) is 31.2 Å². The van der Waals surface area contributed by atoms with Crippen molar-refractivity contribution in [3.63, 3.8) is 0 Å². The van der Waals surface area contributed by atoms with Crippen molar-refractivity contribution in [3.8, 4) is 5.75 Å². The van der Waals surface area contributed by atoms with E-state index in [1.807, 2.05) is 18.2 Å². The third-order valence-electron chi connectivity index (χ3n) is 3.94. The minimum atomic E-state index is -0.729. The molecule has 1 atom stereocenters. The minimum Gasteiger partial charge on any atom is -0.493 e. The highest BCUT2D eigenvalue weighted by Gasteiger charge is 2.33. The fourth-order valence-corrected chi connectivity index (χ4v) is 2.84. The van der Waals surface area contributed by atoms with E-state index in [2.05, 4.69) is 11.0 Å². The largest absolute Gasteiger partial charge is 0.493 e. The number of hydrogen-bond donors (Lipinski definition) is 1. The van der Waals surface area contributed by atoms with Gasteiger partial charge >= 0.3 is 5.97 Å². The number of benzene rings is 1. The molecule has 0 amide bonds. The summed E-state index contributed by atoms with van der Waals surface area (Å²) in [4.78, 5) is 13.1. The second kappa shape index (κ2) is 5.21. The van der Waals surface area contributed by atoms with Gasteiger partial charge in [-0.1, -0.05) is 18.2 Å². The van der Waals surface area contributed by atoms with Crippen molar-refractivity contribution in [2.75, 3.05) is 19.7 Å². The number of carboxylic acid groups (broad SMARTS) is 1. The molecule has 0 saturated heterocycles. The third kappa shape index (κ3) is 2.89. The normalized spacial score (nSPS) is 21.8. The summed E-state index contributed by atoms with van der Waals surface area (Å²) in [6.45, 7) is 1.72. The van der Waals surface area contributed by atoms with Crippen molar-refractivity contribution >= 4 is 5.97 Å². The predicted octanol–water partition coefficient (Wildman–Crippen LogP) is 2.10. The van der Waals surface area contributed by atoms with Crippen molar-refractivity contribution in [1.82, 2.24) is 4.90 Å². The molecular formula is C15H19NO3. The van der Waals surface area contributed by atoms with E-state index in [4.69, 9.17) is 9.84 Å². The van der Waals surface area contributed by atoms with Crippen LogP contribution in [0.3, 0.4) is 0 Å². The molecule has 1 heterocycles. The number of hydrogen-bond acceptors (Lipinski definition) is 3. The first-order valence-corrected chi connectivity index (χ1v) is 6.91. The van der Waals surface area contributed by atoms with Crippen LogP contribution in [-0.2, 0) is 4.79 Å². The maximum absolute atomic E-state index is 11.0. The quantitative estimate of drug-likeness (QED) is 0.882. The van der Waals surface area contributed by atoms with Crippen LogP contribution in [0.25, 0.3) is 0 Å². The van der Waals surface area contributed by atoms with Crippen LogP contribution in [0.2, 0.25) is 0 Å². The van der Waals surface area contributed by atoms with Crippen LogP contribution in [0.4, 0.5) is 0 Å². The van der Waals surface area contributed by atoms with Gasteiger partial charge in [0.2, 0.25) is 0 Å². The van der Waals surface area contributed by atoms with E-state index in [1.54, 1.807) is 0 Å². The Morgan fingerprint density at radius 3 is 2.84 bits per heavy atom. The van der Waals surface area contributed by atoms with E-state index < -0.39 is 5.97 Å². The molecule has 1 aliphatic carbocycles. The molecule has 1 aromatic carbocycles. The number of carboxylic acids is 1. The summed E-state index contributed by atoms with van der Waals surface area (Å²) >= 11 is 0. The first-order valence-electron chi connectivity index (χ1n) is 6.91. The van der Waals surface area contributed by atoms with Crippen LogP contribution in [-0.4, -0.2) is 41.7 Å². The van der Waals surface area contributed by atoms with Gasteiger partial charge in [-0.3, -0.25) is 9.69 Å². The molecule has 1 unspecified atom stereocenters. The first kappa shape index (κ1) is 12.5. The summed E-state index contributed by atoms with van der Waals surface area (Å²) in [5.74, 6) is 0.627. The van der Waals surface area contributed by atoms with Crippen LogP contribution in [0, 0.1) is 0 Å². The van der Waals surface area contributed by atoms with Gasteiger partial charge in [-0.05, 0) is 30.9 Å². The van der Waals surface area contributed by atoms with Gasteiger partial charge in [-0.25, -0.2) is 0 Å². The van der Waals surface area contributed by atoms with Crippen molar-refractivity contribution in [1.29, 1.82) is 0 Å². The molecule has 1 aliphatic heterocycles. The number of para-hydroxylation sites is 1. The van der Waals surface area contributed by atoms with E-state index >= 15 is 0 Å². The Bertz CT molecular complexity index is 470. The molecule has 1 saturated carbocycles. The molecule has 0 aromatic heterocycles. The molecule has 1 N–H and O–H groups in total. The Labute approximate surface area is 113 Å². The lowest BCUT2D eigenvalue weighted by Crippen LogP contribution is -2.36. The Morgan fingerprint density at radius 1 is 1.32 bits per heavy atom. The molecule has 19 heavy (non-hydrogen) atoms. The van der Waals surface area contributed by atoms with E-state index in [9.17, 15) is 4.79 Å². The van der Waals surface area contributed by atoms with Gasteiger partial charge in [0.05, 0.1) is 13.2 Å². The number of aliphatic carboxylic acids is 1. The Balaban J connectivity index is 1.73. The summed E-state index contributed by atoms with van der Waals surface area (Å²) in [7, 11) is 0. The molecule has 0 bridgehead atoms. The summed E-state index contributed by atoms with van der Waals surface area (Å²) in [5, 5.41) is 9.02. The zero-order valence-electron chi connectivity index (χ0n) is 10.9. The highest BCUT2D eigenvalue weighted by molar-refractivity contribution is 5.69.